The summed E-state index contributed by atoms with van der Waals surface area (Å²) >= 11 is 6.64. The second kappa shape index (κ2) is 7.71. The first-order valence-electron chi connectivity index (χ1n) is 4.76. The fourth-order valence-electron chi connectivity index (χ4n) is 0.918. The Morgan fingerprint density at radius 1 is 1.14 bits per heavy atom. The number of hydrogen-bond donors (Lipinski definition) is 1. The van der Waals surface area contributed by atoms with Gasteiger partial charge >= 0.3 is 0 Å². The zero-order valence-corrected chi connectivity index (χ0v) is 10.8. The third kappa shape index (κ3) is 4.03. The van der Waals surface area contributed by atoms with Gasteiger partial charge in [-0.05, 0) is 38.2 Å². The molecular weight excluding hydrogens is 210 g/mol. The molecule has 0 bridgehead atoms. The zero-order chi connectivity index (χ0) is 11.0. The SMILES string of the molecule is C/C=C\c1[nH]c(=S)sc1/C=C\C.CC. The summed E-state index contributed by atoms with van der Waals surface area (Å²) in [5.41, 5.74) is 1.10. The topological polar surface area (TPSA) is 15.8 Å². The molecule has 0 saturated heterocycles. The molecule has 0 aliphatic rings. The minimum atomic E-state index is 0.830. The fraction of sp³-hybridized carbons (Fsp3) is 0.364. The molecule has 1 aromatic heterocycles. The van der Waals surface area contributed by atoms with Gasteiger partial charge in [-0.3, -0.25) is 0 Å². The quantitative estimate of drug-likeness (QED) is 0.711. The Labute approximate surface area is 95.2 Å². The summed E-state index contributed by atoms with van der Waals surface area (Å²) in [6.07, 6.45) is 8.11. The van der Waals surface area contributed by atoms with Gasteiger partial charge in [-0.15, -0.1) is 11.3 Å². The summed E-state index contributed by atoms with van der Waals surface area (Å²) in [6, 6.07) is 0. The van der Waals surface area contributed by atoms with E-state index in [2.05, 4.69) is 11.1 Å². The van der Waals surface area contributed by atoms with Crippen LogP contribution in [0.2, 0.25) is 0 Å². The van der Waals surface area contributed by atoms with Crippen molar-refractivity contribution in [2.45, 2.75) is 27.7 Å². The number of nitrogens with one attached hydrogen (secondary N) is 1. The predicted molar refractivity (Wildman–Crippen MR) is 70.3 cm³/mol. The number of rotatable bonds is 2. The van der Waals surface area contributed by atoms with E-state index in [1.165, 1.54) is 4.88 Å². The summed E-state index contributed by atoms with van der Waals surface area (Å²) in [5, 5.41) is 0. The van der Waals surface area contributed by atoms with Crippen LogP contribution in [0.5, 0.6) is 0 Å². The van der Waals surface area contributed by atoms with E-state index in [9.17, 15) is 0 Å². The van der Waals surface area contributed by atoms with Gasteiger partial charge in [0.15, 0.2) is 3.95 Å². The largest absolute Gasteiger partial charge is 0.337 e. The Bertz CT molecular complexity index is 323. The van der Waals surface area contributed by atoms with Crippen molar-refractivity contribution in [3.05, 3.63) is 26.7 Å². The number of thiazole rings is 1. The maximum atomic E-state index is 5.04. The lowest BCUT2D eigenvalue weighted by Gasteiger charge is -1.87. The van der Waals surface area contributed by atoms with Crippen molar-refractivity contribution in [3.63, 3.8) is 0 Å². The molecule has 0 spiro atoms. The Kier molecular flexibility index (Phi) is 7.34. The van der Waals surface area contributed by atoms with Crippen molar-refractivity contribution in [2.24, 2.45) is 0 Å². The second-order valence-electron chi connectivity index (χ2n) is 2.29. The highest BCUT2D eigenvalue weighted by atomic mass is 32.1. The molecule has 1 nitrogen and oxygen atoms in total. The molecule has 14 heavy (non-hydrogen) atoms. The highest BCUT2D eigenvalue weighted by Gasteiger charge is 1.97. The molecule has 0 atom stereocenters. The average Bonchev–Trinajstić information content (AvgIpc) is 2.51. The molecular formula is C11H17NS2. The lowest BCUT2D eigenvalue weighted by Crippen LogP contribution is -1.72. The lowest BCUT2D eigenvalue weighted by molar-refractivity contribution is 1.35. The number of allylic oxidation sites excluding steroid dienone is 2. The van der Waals surface area contributed by atoms with Crippen molar-refractivity contribution < 1.29 is 0 Å². The van der Waals surface area contributed by atoms with Gasteiger partial charge in [0, 0.05) is 0 Å². The first kappa shape index (κ1) is 13.3. The van der Waals surface area contributed by atoms with Crippen LogP contribution in [-0.2, 0) is 0 Å². The van der Waals surface area contributed by atoms with Gasteiger partial charge in [0.1, 0.15) is 0 Å². The minimum Gasteiger partial charge on any atom is -0.337 e. The predicted octanol–water partition coefficient (Wildman–Crippen LogP) is 4.90. The molecule has 1 aromatic rings. The lowest BCUT2D eigenvalue weighted by atomic mass is 10.3. The Hall–Kier alpha value is -0.670. The molecule has 78 valence electrons. The number of H-pyrrole nitrogens is 1. The van der Waals surface area contributed by atoms with Crippen LogP contribution in [-0.4, -0.2) is 4.98 Å². The highest BCUT2D eigenvalue weighted by Crippen LogP contribution is 2.18. The van der Waals surface area contributed by atoms with Gasteiger partial charge in [0.05, 0.1) is 10.6 Å². The first-order chi connectivity index (χ1) is 6.77. The summed E-state index contributed by atoms with van der Waals surface area (Å²) in [6.45, 7) is 8.00. The van der Waals surface area contributed by atoms with E-state index < -0.39 is 0 Å². The molecule has 0 saturated carbocycles. The maximum absolute atomic E-state index is 5.04. The van der Waals surface area contributed by atoms with E-state index in [0.717, 1.165) is 9.65 Å². The van der Waals surface area contributed by atoms with Crippen LogP contribution in [0.25, 0.3) is 12.2 Å². The van der Waals surface area contributed by atoms with E-state index in [-0.39, 0.29) is 0 Å². The summed E-state index contributed by atoms with van der Waals surface area (Å²) in [7, 11) is 0. The molecule has 0 unspecified atom stereocenters. The fourth-order valence-corrected chi connectivity index (χ4v) is 2.09. The number of aromatic nitrogens is 1. The van der Waals surface area contributed by atoms with Gasteiger partial charge < -0.3 is 4.98 Å². The molecule has 1 heterocycles. The van der Waals surface area contributed by atoms with Gasteiger partial charge in [0.2, 0.25) is 0 Å². The molecule has 0 fully saturated rings. The molecule has 0 aliphatic heterocycles. The van der Waals surface area contributed by atoms with Crippen molar-refractivity contribution in [3.8, 4) is 0 Å². The highest BCUT2D eigenvalue weighted by molar-refractivity contribution is 7.73. The monoisotopic (exact) mass is 227 g/mol. The standard InChI is InChI=1S/C9H11NS2.C2H6/c1-3-5-7-8(6-4-2)12-9(11)10-7;1-2/h3-6H,1-2H3,(H,10,11);1-2H3/b5-3-,6-4-;. The van der Waals surface area contributed by atoms with Crippen LogP contribution in [0.15, 0.2) is 12.2 Å². The van der Waals surface area contributed by atoms with Crippen molar-refractivity contribution in [1.29, 1.82) is 0 Å². The first-order valence-corrected chi connectivity index (χ1v) is 5.99. The van der Waals surface area contributed by atoms with Crippen LogP contribution in [0.3, 0.4) is 0 Å². The van der Waals surface area contributed by atoms with Crippen LogP contribution < -0.4 is 0 Å². The normalized spacial score (nSPS) is 10.6. The van der Waals surface area contributed by atoms with Crippen LogP contribution in [0.1, 0.15) is 38.3 Å². The summed E-state index contributed by atoms with van der Waals surface area (Å²) in [5.74, 6) is 0. The second-order valence-corrected chi connectivity index (χ2v) is 4.01. The molecule has 3 heteroatoms. The Morgan fingerprint density at radius 3 is 2.21 bits per heavy atom. The van der Waals surface area contributed by atoms with E-state index in [0.29, 0.717) is 0 Å². The Morgan fingerprint density at radius 2 is 1.71 bits per heavy atom. The number of aromatic amines is 1. The smallest absolute Gasteiger partial charge is 0.159 e. The van der Waals surface area contributed by atoms with E-state index in [1.807, 2.05) is 45.9 Å². The summed E-state index contributed by atoms with van der Waals surface area (Å²) in [4.78, 5) is 4.32. The van der Waals surface area contributed by atoms with E-state index in [1.54, 1.807) is 11.3 Å². The molecule has 0 radical (unpaired) electrons. The van der Waals surface area contributed by atoms with Gasteiger partial charge in [0.25, 0.3) is 0 Å². The van der Waals surface area contributed by atoms with Crippen LogP contribution >= 0.6 is 23.6 Å². The molecule has 0 aliphatic carbocycles. The van der Waals surface area contributed by atoms with Crippen LogP contribution in [0.4, 0.5) is 0 Å². The molecule has 1 rings (SSSR count). The average molecular weight is 227 g/mol. The summed E-state index contributed by atoms with van der Waals surface area (Å²) < 4.78 is 0.830. The van der Waals surface area contributed by atoms with Crippen molar-refractivity contribution in [1.82, 2.24) is 4.98 Å². The molecule has 1 N–H and O–H groups in total. The van der Waals surface area contributed by atoms with Crippen molar-refractivity contribution >= 4 is 35.7 Å². The third-order valence-corrected chi connectivity index (χ3v) is 2.57. The van der Waals surface area contributed by atoms with Gasteiger partial charge in [-0.25, -0.2) is 0 Å². The van der Waals surface area contributed by atoms with Crippen molar-refractivity contribution in [2.75, 3.05) is 0 Å². The maximum Gasteiger partial charge on any atom is 0.159 e. The molecule has 0 aromatic carbocycles. The van der Waals surface area contributed by atoms with E-state index >= 15 is 0 Å². The van der Waals surface area contributed by atoms with Gasteiger partial charge in [-0.2, -0.15) is 0 Å². The van der Waals surface area contributed by atoms with Crippen LogP contribution in [0, 0.1) is 3.95 Å². The van der Waals surface area contributed by atoms with E-state index in [4.69, 9.17) is 12.2 Å². The third-order valence-electron chi connectivity index (χ3n) is 1.36. The Balaban J connectivity index is 0.000000791. The van der Waals surface area contributed by atoms with Gasteiger partial charge in [-0.1, -0.05) is 26.0 Å². The number of hydrogen-bond acceptors (Lipinski definition) is 2. The zero-order valence-electron chi connectivity index (χ0n) is 9.13. The minimum absolute atomic E-state index is 0.830. The molecule has 0 amide bonds.